The Bertz CT molecular complexity index is 398. The molecule has 0 unspecified atom stereocenters. The molecule has 1 amide bonds. The Morgan fingerprint density at radius 2 is 2.05 bits per heavy atom. The van der Waals surface area contributed by atoms with Crippen LogP contribution in [-0.4, -0.2) is 28.5 Å². The minimum atomic E-state index is 0.0180. The molecule has 1 heterocycles. The van der Waals surface area contributed by atoms with E-state index in [-0.39, 0.29) is 11.9 Å². The molecule has 0 aliphatic rings. The fraction of sp³-hybridized carbons (Fsp3) is 0.583. The van der Waals surface area contributed by atoms with Crippen LogP contribution in [0.2, 0.25) is 0 Å². The van der Waals surface area contributed by atoms with E-state index in [0.29, 0.717) is 30.4 Å². The highest BCUT2D eigenvalue weighted by atomic mass is 16.1. The van der Waals surface area contributed by atoms with E-state index in [1.54, 1.807) is 6.07 Å². The number of rotatable bonds is 7. The van der Waals surface area contributed by atoms with Gasteiger partial charge >= 0.3 is 0 Å². The smallest absolute Gasteiger partial charge is 0.221 e. The van der Waals surface area contributed by atoms with Gasteiger partial charge < -0.3 is 16.1 Å². The van der Waals surface area contributed by atoms with Crippen molar-refractivity contribution in [2.24, 2.45) is 5.84 Å². The molecule has 1 aromatic rings. The third-order valence-electron chi connectivity index (χ3n) is 2.34. The molecule has 0 saturated carbocycles. The van der Waals surface area contributed by atoms with Gasteiger partial charge in [-0.3, -0.25) is 4.79 Å². The summed E-state index contributed by atoms with van der Waals surface area (Å²) in [6.45, 7) is 6.35. The molecule has 0 aromatic carbocycles. The first-order valence-corrected chi connectivity index (χ1v) is 6.43. The van der Waals surface area contributed by atoms with Crippen LogP contribution >= 0.6 is 0 Å². The van der Waals surface area contributed by atoms with E-state index in [4.69, 9.17) is 5.84 Å². The third kappa shape index (κ3) is 5.52. The minimum Gasteiger partial charge on any atom is -0.369 e. The number of nitrogen functional groups attached to an aromatic ring is 1. The van der Waals surface area contributed by atoms with Crippen molar-refractivity contribution in [2.75, 3.05) is 17.3 Å². The average molecular weight is 266 g/mol. The van der Waals surface area contributed by atoms with Crippen LogP contribution in [0.15, 0.2) is 6.07 Å². The van der Waals surface area contributed by atoms with Crippen LogP contribution in [0.3, 0.4) is 0 Å². The van der Waals surface area contributed by atoms with Gasteiger partial charge in [0.25, 0.3) is 0 Å². The number of anilines is 2. The number of nitrogens with one attached hydrogen (secondary N) is 3. The van der Waals surface area contributed by atoms with E-state index in [2.05, 4.69) is 26.0 Å². The largest absolute Gasteiger partial charge is 0.369 e. The van der Waals surface area contributed by atoms with E-state index in [1.165, 1.54) is 0 Å². The lowest BCUT2D eigenvalue weighted by atomic mass is 10.3. The molecule has 0 bridgehead atoms. The molecular weight excluding hydrogens is 244 g/mol. The molecule has 7 nitrogen and oxygen atoms in total. The molecule has 7 heteroatoms. The Morgan fingerprint density at radius 1 is 1.37 bits per heavy atom. The van der Waals surface area contributed by atoms with E-state index in [0.717, 1.165) is 6.42 Å². The molecule has 0 spiro atoms. The number of nitrogens with zero attached hydrogens (tertiary/aromatic N) is 2. The molecule has 0 atom stereocenters. The summed E-state index contributed by atoms with van der Waals surface area (Å²) < 4.78 is 0. The van der Waals surface area contributed by atoms with Gasteiger partial charge in [0.05, 0.1) is 0 Å². The summed E-state index contributed by atoms with van der Waals surface area (Å²) in [5, 5.41) is 5.92. The number of carbonyl (C=O) groups is 1. The van der Waals surface area contributed by atoms with Gasteiger partial charge in [0.1, 0.15) is 17.5 Å². The number of amides is 1. The summed E-state index contributed by atoms with van der Waals surface area (Å²) in [5.41, 5.74) is 2.50. The van der Waals surface area contributed by atoms with Crippen molar-refractivity contribution >= 4 is 17.5 Å². The second kappa shape index (κ2) is 7.52. The zero-order chi connectivity index (χ0) is 14.3. The summed E-state index contributed by atoms with van der Waals surface area (Å²) in [6, 6.07) is 1.87. The molecule has 0 aliphatic heterocycles. The number of aryl methyl sites for hydroxylation is 1. The number of carbonyl (C=O) groups excluding carboxylic acids is 1. The highest BCUT2D eigenvalue weighted by Crippen LogP contribution is 2.10. The first-order chi connectivity index (χ1) is 9.05. The molecule has 1 aromatic heterocycles. The number of hydrogen-bond donors (Lipinski definition) is 4. The normalized spacial score (nSPS) is 10.4. The predicted molar refractivity (Wildman–Crippen MR) is 75.6 cm³/mol. The van der Waals surface area contributed by atoms with Gasteiger partial charge in [0.15, 0.2) is 0 Å². The number of aromatic nitrogens is 2. The van der Waals surface area contributed by atoms with Gasteiger partial charge in [-0.2, -0.15) is 0 Å². The maximum atomic E-state index is 11.5. The van der Waals surface area contributed by atoms with Crippen molar-refractivity contribution < 1.29 is 4.79 Å². The molecule has 106 valence electrons. The van der Waals surface area contributed by atoms with Gasteiger partial charge in [0.2, 0.25) is 5.91 Å². The Balaban J connectivity index is 2.50. The van der Waals surface area contributed by atoms with Gasteiger partial charge in [0, 0.05) is 31.5 Å². The van der Waals surface area contributed by atoms with Crippen LogP contribution in [0.4, 0.5) is 11.6 Å². The van der Waals surface area contributed by atoms with Crippen LogP contribution in [0.1, 0.15) is 33.0 Å². The van der Waals surface area contributed by atoms with Crippen molar-refractivity contribution in [1.82, 2.24) is 15.3 Å². The Kier molecular flexibility index (Phi) is 6.01. The summed E-state index contributed by atoms with van der Waals surface area (Å²) in [4.78, 5) is 20.0. The van der Waals surface area contributed by atoms with Crippen LogP contribution in [0, 0.1) is 0 Å². The molecular formula is C12H22N6O. The van der Waals surface area contributed by atoms with Crippen molar-refractivity contribution in [2.45, 2.75) is 39.7 Å². The summed E-state index contributed by atoms with van der Waals surface area (Å²) in [6.07, 6.45) is 1.12. The lowest BCUT2D eigenvalue weighted by molar-refractivity contribution is -0.121. The number of hydrazine groups is 1. The van der Waals surface area contributed by atoms with Crippen LogP contribution in [0.5, 0.6) is 0 Å². The van der Waals surface area contributed by atoms with Crippen molar-refractivity contribution in [3.63, 3.8) is 0 Å². The first-order valence-electron chi connectivity index (χ1n) is 6.43. The standard InChI is InChI=1S/C12H22N6O/c1-4-9-16-10(7-11(17-9)18-13)14-6-5-12(19)15-8(2)3/h7-8H,4-6,13H2,1-3H3,(H,15,19)(H2,14,16,17,18). The molecule has 0 saturated heterocycles. The maximum Gasteiger partial charge on any atom is 0.221 e. The topological polar surface area (TPSA) is 105 Å². The molecule has 0 aliphatic carbocycles. The highest BCUT2D eigenvalue weighted by molar-refractivity contribution is 5.76. The third-order valence-corrected chi connectivity index (χ3v) is 2.34. The van der Waals surface area contributed by atoms with Crippen LogP contribution in [0.25, 0.3) is 0 Å². The van der Waals surface area contributed by atoms with E-state index in [1.807, 2.05) is 20.8 Å². The molecule has 19 heavy (non-hydrogen) atoms. The number of hydrogen-bond acceptors (Lipinski definition) is 6. The SMILES string of the molecule is CCc1nc(NN)cc(NCCC(=O)NC(C)C)n1. The molecule has 0 radical (unpaired) electrons. The molecule has 0 fully saturated rings. The van der Waals surface area contributed by atoms with Crippen LogP contribution < -0.4 is 21.9 Å². The molecule has 1 rings (SSSR count). The molecule has 5 N–H and O–H groups in total. The van der Waals surface area contributed by atoms with Crippen LogP contribution in [-0.2, 0) is 11.2 Å². The van der Waals surface area contributed by atoms with Gasteiger partial charge in [-0.1, -0.05) is 6.92 Å². The highest BCUT2D eigenvalue weighted by Gasteiger charge is 2.05. The zero-order valence-electron chi connectivity index (χ0n) is 11.7. The zero-order valence-corrected chi connectivity index (χ0v) is 11.7. The fourth-order valence-electron chi connectivity index (χ4n) is 1.52. The summed E-state index contributed by atoms with van der Waals surface area (Å²) in [5.74, 6) is 7.28. The minimum absolute atomic E-state index is 0.0180. The van der Waals surface area contributed by atoms with Crippen molar-refractivity contribution in [3.05, 3.63) is 11.9 Å². The monoisotopic (exact) mass is 266 g/mol. The second-order valence-corrected chi connectivity index (χ2v) is 4.45. The lowest BCUT2D eigenvalue weighted by Gasteiger charge is -2.10. The Hall–Kier alpha value is -1.89. The van der Waals surface area contributed by atoms with Gasteiger partial charge in [-0.25, -0.2) is 15.8 Å². The average Bonchev–Trinajstić information content (AvgIpc) is 2.37. The van der Waals surface area contributed by atoms with Crippen molar-refractivity contribution in [1.29, 1.82) is 0 Å². The first kappa shape index (κ1) is 15.2. The Morgan fingerprint density at radius 3 is 2.63 bits per heavy atom. The van der Waals surface area contributed by atoms with Crippen molar-refractivity contribution in [3.8, 4) is 0 Å². The van der Waals surface area contributed by atoms with E-state index < -0.39 is 0 Å². The quantitative estimate of drug-likeness (QED) is 0.426. The number of nitrogens with two attached hydrogens (primary N) is 1. The van der Waals surface area contributed by atoms with E-state index >= 15 is 0 Å². The van der Waals surface area contributed by atoms with Gasteiger partial charge in [-0.15, -0.1) is 0 Å². The Labute approximate surface area is 113 Å². The maximum absolute atomic E-state index is 11.5. The van der Waals surface area contributed by atoms with E-state index in [9.17, 15) is 4.79 Å². The summed E-state index contributed by atoms with van der Waals surface area (Å²) >= 11 is 0. The predicted octanol–water partition coefficient (Wildman–Crippen LogP) is 0.651. The fourth-order valence-corrected chi connectivity index (χ4v) is 1.52. The van der Waals surface area contributed by atoms with Gasteiger partial charge in [-0.05, 0) is 13.8 Å². The summed E-state index contributed by atoms with van der Waals surface area (Å²) in [7, 11) is 0. The lowest BCUT2D eigenvalue weighted by Crippen LogP contribution is -2.31. The second-order valence-electron chi connectivity index (χ2n) is 4.45.